The molecular formula is C14H14N2O4. The van der Waals surface area contributed by atoms with Crippen LogP contribution in [0.15, 0.2) is 24.3 Å². The summed E-state index contributed by atoms with van der Waals surface area (Å²) in [6.07, 6.45) is 0.264. The quantitative estimate of drug-likeness (QED) is 0.766. The Bertz CT molecular complexity index is 678. The lowest BCUT2D eigenvalue weighted by atomic mass is 10.0. The van der Waals surface area contributed by atoms with Gasteiger partial charge in [0.15, 0.2) is 5.69 Å². The van der Waals surface area contributed by atoms with Gasteiger partial charge in [-0.3, -0.25) is 0 Å². The van der Waals surface area contributed by atoms with E-state index >= 15 is 0 Å². The van der Waals surface area contributed by atoms with Crippen molar-refractivity contribution in [1.82, 2.24) is 9.55 Å². The van der Waals surface area contributed by atoms with Crippen molar-refractivity contribution in [2.45, 2.75) is 25.5 Å². The van der Waals surface area contributed by atoms with Crippen LogP contribution in [-0.2, 0) is 13.0 Å². The highest BCUT2D eigenvalue weighted by Gasteiger charge is 2.28. The Kier molecular flexibility index (Phi) is 2.94. The molecule has 0 fully saturated rings. The lowest BCUT2D eigenvalue weighted by molar-refractivity contribution is 0.0687. The molecule has 0 bridgehead atoms. The number of aromatic carboxylic acids is 1. The van der Waals surface area contributed by atoms with Gasteiger partial charge in [0, 0.05) is 13.0 Å². The number of carboxylic acid groups (broad SMARTS) is 1. The molecule has 0 saturated carbocycles. The van der Waals surface area contributed by atoms with Crippen LogP contribution < -0.4 is 0 Å². The Balaban J connectivity index is 2.20. The normalized spacial score (nSPS) is 17.8. The topological polar surface area (TPSA) is 95.6 Å². The molecule has 0 saturated heterocycles. The van der Waals surface area contributed by atoms with Gasteiger partial charge >= 0.3 is 5.97 Å². The molecule has 0 spiro atoms. The molecule has 1 aromatic heterocycles. The van der Waals surface area contributed by atoms with Crippen LogP contribution in [0.1, 0.15) is 22.6 Å². The zero-order valence-electron chi connectivity index (χ0n) is 10.7. The average molecular weight is 274 g/mol. The molecule has 20 heavy (non-hydrogen) atoms. The molecule has 0 amide bonds. The third kappa shape index (κ3) is 1.94. The highest BCUT2D eigenvalue weighted by Crippen LogP contribution is 2.32. The van der Waals surface area contributed by atoms with Crippen molar-refractivity contribution in [3.8, 4) is 17.1 Å². The highest BCUT2D eigenvalue weighted by atomic mass is 16.4. The van der Waals surface area contributed by atoms with Gasteiger partial charge in [-0.1, -0.05) is 12.1 Å². The summed E-state index contributed by atoms with van der Waals surface area (Å²) in [5.41, 5.74) is 0.953. The number of carboxylic acids is 1. The number of para-hydroxylation sites is 1. The number of aliphatic hydroxyl groups is 1. The fourth-order valence-electron chi connectivity index (χ4n) is 2.58. The van der Waals surface area contributed by atoms with E-state index in [4.69, 9.17) is 0 Å². The standard InChI is InChI=1S/C14H14N2O4/c17-8-5-6-16-10(7-8)12(14(19)20)15-13(16)9-3-1-2-4-11(9)18/h1-4,8,17-18H,5-7H2,(H,19,20). The summed E-state index contributed by atoms with van der Waals surface area (Å²) in [6, 6.07) is 6.69. The number of benzene rings is 1. The maximum atomic E-state index is 11.3. The van der Waals surface area contributed by atoms with Crippen molar-refractivity contribution in [2.24, 2.45) is 0 Å². The lowest BCUT2D eigenvalue weighted by Crippen LogP contribution is -2.24. The highest BCUT2D eigenvalue weighted by molar-refractivity contribution is 5.88. The molecule has 104 valence electrons. The first-order valence-corrected chi connectivity index (χ1v) is 6.37. The first kappa shape index (κ1) is 12.7. The number of aliphatic hydroxyl groups excluding tert-OH is 1. The third-order valence-corrected chi connectivity index (χ3v) is 3.53. The summed E-state index contributed by atoms with van der Waals surface area (Å²) < 4.78 is 1.77. The summed E-state index contributed by atoms with van der Waals surface area (Å²) in [5, 5.41) is 28.9. The van der Waals surface area contributed by atoms with E-state index in [-0.39, 0.29) is 17.9 Å². The number of phenolic OH excluding ortho intramolecular Hbond substituents is 1. The number of fused-ring (bicyclic) bond motifs is 1. The number of phenols is 1. The van der Waals surface area contributed by atoms with E-state index in [0.717, 1.165) is 0 Å². The van der Waals surface area contributed by atoms with Gasteiger partial charge in [-0.15, -0.1) is 0 Å². The van der Waals surface area contributed by atoms with E-state index in [9.17, 15) is 20.1 Å². The van der Waals surface area contributed by atoms with E-state index in [1.807, 2.05) is 0 Å². The van der Waals surface area contributed by atoms with Crippen LogP contribution in [0.25, 0.3) is 11.4 Å². The van der Waals surface area contributed by atoms with Gasteiger partial charge in [0.05, 0.1) is 17.4 Å². The van der Waals surface area contributed by atoms with Crippen LogP contribution in [0.5, 0.6) is 5.75 Å². The second kappa shape index (κ2) is 4.64. The maximum absolute atomic E-state index is 11.3. The maximum Gasteiger partial charge on any atom is 0.356 e. The molecule has 1 aliphatic heterocycles. The minimum atomic E-state index is -1.12. The van der Waals surface area contributed by atoms with E-state index in [0.29, 0.717) is 30.0 Å². The van der Waals surface area contributed by atoms with Gasteiger partial charge in [-0.25, -0.2) is 9.78 Å². The first-order chi connectivity index (χ1) is 9.58. The molecule has 6 nitrogen and oxygen atoms in total. The summed E-state index contributed by atoms with van der Waals surface area (Å²) >= 11 is 0. The molecule has 0 radical (unpaired) electrons. The largest absolute Gasteiger partial charge is 0.507 e. The van der Waals surface area contributed by atoms with Gasteiger partial charge in [-0.05, 0) is 18.6 Å². The second-order valence-electron chi connectivity index (χ2n) is 4.85. The summed E-state index contributed by atoms with van der Waals surface area (Å²) in [6.45, 7) is 0.487. The SMILES string of the molecule is O=C(O)c1nc(-c2ccccc2O)n2c1CC(O)CC2. The number of carbonyl (C=O) groups is 1. The summed E-state index contributed by atoms with van der Waals surface area (Å²) in [5.74, 6) is -0.629. The van der Waals surface area contributed by atoms with Gasteiger partial charge in [0.1, 0.15) is 11.6 Å². The van der Waals surface area contributed by atoms with Crippen molar-refractivity contribution < 1.29 is 20.1 Å². The van der Waals surface area contributed by atoms with Crippen molar-refractivity contribution in [1.29, 1.82) is 0 Å². The van der Waals surface area contributed by atoms with E-state index < -0.39 is 12.1 Å². The zero-order chi connectivity index (χ0) is 14.3. The van der Waals surface area contributed by atoms with E-state index in [2.05, 4.69) is 4.98 Å². The fourth-order valence-corrected chi connectivity index (χ4v) is 2.58. The number of imidazole rings is 1. The average Bonchev–Trinajstić information content (AvgIpc) is 2.78. The third-order valence-electron chi connectivity index (χ3n) is 3.53. The second-order valence-corrected chi connectivity index (χ2v) is 4.85. The van der Waals surface area contributed by atoms with Crippen LogP contribution >= 0.6 is 0 Å². The van der Waals surface area contributed by atoms with Gasteiger partial charge in [-0.2, -0.15) is 0 Å². The molecule has 3 rings (SSSR count). The molecule has 6 heteroatoms. The smallest absolute Gasteiger partial charge is 0.356 e. The van der Waals surface area contributed by atoms with Crippen LogP contribution in [0, 0.1) is 0 Å². The predicted octanol–water partition coefficient (Wildman–Crippen LogP) is 1.26. The molecule has 1 aliphatic rings. The molecule has 1 unspecified atom stereocenters. The molecule has 1 aromatic carbocycles. The van der Waals surface area contributed by atoms with E-state index in [1.54, 1.807) is 22.8 Å². The summed E-state index contributed by atoms with van der Waals surface area (Å²) in [4.78, 5) is 15.4. The Morgan fingerprint density at radius 3 is 2.80 bits per heavy atom. The number of aromatic nitrogens is 2. The van der Waals surface area contributed by atoms with E-state index in [1.165, 1.54) is 6.07 Å². The van der Waals surface area contributed by atoms with Crippen LogP contribution in [0.2, 0.25) is 0 Å². The Hall–Kier alpha value is -2.34. The molecule has 3 N–H and O–H groups in total. The zero-order valence-corrected chi connectivity index (χ0v) is 10.7. The Labute approximate surface area is 114 Å². The fraction of sp³-hybridized carbons (Fsp3) is 0.286. The molecule has 2 heterocycles. The molecule has 2 aromatic rings. The minimum absolute atomic E-state index is 0.0537. The van der Waals surface area contributed by atoms with Gasteiger partial charge in [0.2, 0.25) is 0 Å². The number of rotatable bonds is 2. The molecular weight excluding hydrogens is 260 g/mol. The van der Waals surface area contributed by atoms with Crippen molar-refractivity contribution in [2.75, 3.05) is 0 Å². The lowest BCUT2D eigenvalue weighted by Gasteiger charge is -2.21. The van der Waals surface area contributed by atoms with Crippen molar-refractivity contribution >= 4 is 5.97 Å². The van der Waals surface area contributed by atoms with Gasteiger partial charge < -0.3 is 19.9 Å². The van der Waals surface area contributed by atoms with Crippen LogP contribution in [0.4, 0.5) is 0 Å². The predicted molar refractivity (Wildman–Crippen MR) is 70.6 cm³/mol. The number of nitrogens with zero attached hydrogens (tertiary/aromatic N) is 2. The monoisotopic (exact) mass is 274 g/mol. The van der Waals surface area contributed by atoms with Crippen molar-refractivity contribution in [3.05, 3.63) is 35.7 Å². The number of hydrogen-bond donors (Lipinski definition) is 3. The van der Waals surface area contributed by atoms with Crippen LogP contribution in [0.3, 0.4) is 0 Å². The Morgan fingerprint density at radius 1 is 1.35 bits per heavy atom. The number of aromatic hydroxyl groups is 1. The van der Waals surface area contributed by atoms with Crippen molar-refractivity contribution in [3.63, 3.8) is 0 Å². The molecule has 0 aliphatic carbocycles. The van der Waals surface area contributed by atoms with Crippen LogP contribution in [-0.4, -0.2) is 36.9 Å². The summed E-state index contributed by atoms with van der Waals surface area (Å²) in [7, 11) is 0. The number of hydrogen-bond acceptors (Lipinski definition) is 4. The Morgan fingerprint density at radius 2 is 2.10 bits per heavy atom. The minimum Gasteiger partial charge on any atom is -0.507 e. The molecule has 1 atom stereocenters. The van der Waals surface area contributed by atoms with Gasteiger partial charge in [0.25, 0.3) is 0 Å². The first-order valence-electron chi connectivity index (χ1n) is 6.37.